The van der Waals surface area contributed by atoms with Gasteiger partial charge in [0.25, 0.3) is 5.69 Å². The number of nitrogens with zero attached hydrogens (tertiary/aromatic N) is 2. The molecule has 5 heteroatoms. The number of rotatable bonds is 5. The molecule has 17 heavy (non-hydrogen) atoms. The molecule has 0 fully saturated rings. The maximum absolute atomic E-state index is 10.5. The van der Waals surface area contributed by atoms with E-state index in [0.29, 0.717) is 24.6 Å². The highest BCUT2D eigenvalue weighted by atomic mass is 16.6. The monoisotopic (exact) mass is 236 g/mol. The van der Waals surface area contributed by atoms with Crippen LogP contribution >= 0.6 is 0 Å². The Morgan fingerprint density at radius 1 is 1.35 bits per heavy atom. The van der Waals surface area contributed by atoms with Gasteiger partial charge in [-0.05, 0) is 18.6 Å². The Bertz CT molecular complexity index is 399. The summed E-state index contributed by atoms with van der Waals surface area (Å²) in [7, 11) is 0. The maximum Gasteiger partial charge on any atom is 0.269 e. The molecule has 0 atom stereocenters. The van der Waals surface area contributed by atoms with Crippen LogP contribution in [0.1, 0.15) is 26.7 Å². The molecule has 0 saturated carbocycles. The van der Waals surface area contributed by atoms with Crippen LogP contribution in [-0.2, 0) is 4.74 Å². The molecule has 0 amide bonds. The van der Waals surface area contributed by atoms with E-state index in [1.807, 2.05) is 13.8 Å². The fourth-order valence-corrected chi connectivity index (χ4v) is 1.23. The molecule has 0 heterocycles. The topological polar surface area (TPSA) is 64.7 Å². The van der Waals surface area contributed by atoms with Crippen molar-refractivity contribution in [3.63, 3.8) is 0 Å². The Balaban J connectivity index is 2.77. The van der Waals surface area contributed by atoms with Gasteiger partial charge in [-0.25, -0.2) is 4.99 Å². The van der Waals surface area contributed by atoms with Gasteiger partial charge in [-0.3, -0.25) is 10.1 Å². The normalized spacial score (nSPS) is 11.3. The van der Waals surface area contributed by atoms with Crippen molar-refractivity contribution in [1.82, 2.24) is 0 Å². The van der Waals surface area contributed by atoms with Crippen LogP contribution in [0.4, 0.5) is 11.4 Å². The molecule has 5 nitrogen and oxygen atoms in total. The predicted molar refractivity (Wildman–Crippen MR) is 66.7 cm³/mol. The first-order valence-electron chi connectivity index (χ1n) is 5.62. The van der Waals surface area contributed by atoms with Crippen molar-refractivity contribution in [2.75, 3.05) is 6.61 Å². The van der Waals surface area contributed by atoms with E-state index in [-0.39, 0.29) is 5.69 Å². The van der Waals surface area contributed by atoms with E-state index in [0.717, 1.165) is 6.42 Å². The van der Waals surface area contributed by atoms with Crippen molar-refractivity contribution >= 4 is 17.3 Å². The summed E-state index contributed by atoms with van der Waals surface area (Å²) in [6, 6.07) is 6.10. The van der Waals surface area contributed by atoms with E-state index in [1.54, 1.807) is 12.1 Å². The van der Waals surface area contributed by atoms with Gasteiger partial charge in [0.2, 0.25) is 0 Å². The lowest BCUT2D eigenvalue weighted by molar-refractivity contribution is -0.384. The third kappa shape index (κ3) is 4.22. The number of aliphatic imine (C=N–C) groups is 1. The fourth-order valence-electron chi connectivity index (χ4n) is 1.23. The first-order chi connectivity index (χ1) is 8.17. The van der Waals surface area contributed by atoms with E-state index < -0.39 is 4.92 Å². The van der Waals surface area contributed by atoms with Gasteiger partial charge >= 0.3 is 0 Å². The van der Waals surface area contributed by atoms with Gasteiger partial charge in [0.15, 0.2) is 5.90 Å². The van der Waals surface area contributed by atoms with Gasteiger partial charge in [0, 0.05) is 18.6 Å². The lowest BCUT2D eigenvalue weighted by Crippen LogP contribution is -2.03. The molecule has 1 aromatic carbocycles. The molecule has 0 saturated heterocycles. The highest BCUT2D eigenvalue weighted by Gasteiger charge is 2.04. The van der Waals surface area contributed by atoms with Gasteiger partial charge in [-0.1, -0.05) is 13.8 Å². The SMILES string of the molecule is CCCOC(CC)=Nc1ccc([N+](=O)[O-])cc1. The van der Waals surface area contributed by atoms with Crippen LogP contribution in [0.25, 0.3) is 0 Å². The zero-order valence-corrected chi connectivity index (χ0v) is 10.0. The molecule has 0 N–H and O–H groups in total. The standard InChI is InChI=1S/C12H16N2O3/c1-3-9-17-12(4-2)13-10-5-7-11(8-6-10)14(15)16/h5-8H,3-4,9H2,1-2H3. The lowest BCUT2D eigenvalue weighted by Gasteiger charge is -2.05. The zero-order chi connectivity index (χ0) is 12.7. The number of benzene rings is 1. The summed E-state index contributed by atoms with van der Waals surface area (Å²) in [6.45, 7) is 4.62. The Hall–Kier alpha value is -1.91. The van der Waals surface area contributed by atoms with E-state index in [4.69, 9.17) is 4.74 Å². The third-order valence-electron chi connectivity index (χ3n) is 2.09. The quantitative estimate of drug-likeness (QED) is 0.340. The summed E-state index contributed by atoms with van der Waals surface area (Å²) < 4.78 is 5.44. The van der Waals surface area contributed by atoms with Crippen molar-refractivity contribution < 1.29 is 9.66 Å². The Morgan fingerprint density at radius 2 is 2.00 bits per heavy atom. The molecule has 0 spiro atoms. The maximum atomic E-state index is 10.5. The van der Waals surface area contributed by atoms with Crippen LogP contribution in [0.15, 0.2) is 29.3 Å². The summed E-state index contributed by atoms with van der Waals surface area (Å²) in [6.07, 6.45) is 1.64. The van der Waals surface area contributed by atoms with Crippen LogP contribution < -0.4 is 0 Å². The lowest BCUT2D eigenvalue weighted by atomic mass is 10.3. The molecule has 0 aliphatic heterocycles. The predicted octanol–water partition coefficient (Wildman–Crippen LogP) is 3.46. The van der Waals surface area contributed by atoms with Gasteiger partial charge in [-0.15, -0.1) is 0 Å². The van der Waals surface area contributed by atoms with Crippen molar-refractivity contribution in [3.8, 4) is 0 Å². The molecule has 1 rings (SSSR count). The number of nitro groups is 1. The highest BCUT2D eigenvalue weighted by molar-refractivity contribution is 5.79. The Labute approximate surface area is 100 Å². The first-order valence-corrected chi connectivity index (χ1v) is 5.62. The van der Waals surface area contributed by atoms with Crippen LogP contribution in [-0.4, -0.2) is 17.4 Å². The zero-order valence-electron chi connectivity index (χ0n) is 10.0. The summed E-state index contributed by atoms with van der Waals surface area (Å²) >= 11 is 0. The van der Waals surface area contributed by atoms with Crippen LogP contribution in [0.2, 0.25) is 0 Å². The Morgan fingerprint density at radius 3 is 2.47 bits per heavy atom. The molecule has 0 aromatic heterocycles. The molecule has 0 aliphatic rings. The first kappa shape index (κ1) is 13.2. The summed E-state index contributed by atoms with van der Waals surface area (Å²) in [5.41, 5.74) is 0.736. The van der Waals surface area contributed by atoms with Crippen molar-refractivity contribution in [3.05, 3.63) is 34.4 Å². The van der Waals surface area contributed by atoms with Crippen molar-refractivity contribution in [2.24, 2.45) is 4.99 Å². The van der Waals surface area contributed by atoms with Crippen molar-refractivity contribution in [2.45, 2.75) is 26.7 Å². The number of ether oxygens (including phenoxy) is 1. The molecule has 1 aromatic rings. The van der Waals surface area contributed by atoms with Crippen LogP contribution in [0.3, 0.4) is 0 Å². The smallest absolute Gasteiger partial charge is 0.269 e. The number of nitro benzene ring substituents is 1. The van der Waals surface area contributed by atoms with E-state index in [1.165, 1.54) is 12.1 Å². The molecule has 92 valence electrons. The number of hydrogen-bond donors (Lipinski definition) is 0. The number of non-ortho nitro benzene ring substituents is 1. The molecular formula is C12H16N2O3. The number of hydrogen-bond acceptors (Lipinski definition) is 4. The second-order valence-electron chi connectivity index (χ2n) is 3.48. The minimum Gasteiger partial charge on any atom is -0.481 e. The van der Waals surface area contributed by atoms with E-state index in [9.17, 15) is 10.1 Å². The molecule has 0 aliphatic carbocycles. The van der Waals surface area contributed by atoms with Crippen molar-refractivity contribution in [1.29, 1.82) is 0 Å². The minimum absolute atomic E-state index is 0.0662. The van der Waals surface area contributed by atoms with Gasteiger partial charge in [-0.2, -0.15) is 0 Å². The summed E-state index contributed by atoms with van der Waals surface area (Å²) in [5, 5.41) is 10.5. The molecule has 0 bridgehead atoms. The van der Waals surface area contributed by atoms with E-state index in [2.05, 4.69) is 4.99 Å². The second kappa shape index (κ2) is 6.62. The van der Waals surface area contributed by atoms with Crippen LogP contribution in [0.5, 0.6) is 0 Å². The molecule has 0 radical (unpaired) electrons. The Kier molecular flexibility index (Phi) is 5.13. The van der Waals surface area contributed by atoms with Gasteiger partial charge < -0.3 is 4.74 Å². The third-order valence-corrected chi connectivity index (χ3v) is 2.09. The average Bonchev–Trinajstić information content (AvgIpc) is 2.35. The largest absolute Gasteiger partial charge is 0.481 e. The highest BCUT2D eigenvalue weighted by Crippen LogP contribution is 2.18. The summed E-state index contributed by atoms with van der Waals surface area (Å²) in [5.74, 6) is 0.653. The molecule has 0 unspecified atom stereocenters. The second-order valence-corrected chi connectivity index (χ2v) is 3.48. The fraction of sp³-hybridized carbons (Fsp3) is 0.417. The van der Waals surface area contributed by atoms with Gasteiger partial charge in [0.05, 0.1) is 17.2 Å². The minimum atomic E-state index is -0.429. The molecular weight excluding hydrogens is 220 g/mol. The average molecular weight is 236 g/mol. The summed E-state index contributed by atoms with van der Waals surface area (Å²) in [4.78, 5) is 14.3. The van der Waals surface area contributed by atoms with Gasteiger partial charge in [0.1, 0.15) is 0 Å². The van der Waals surface area contributed by atoms with E-state index >= 15 is 0 Å². The van der Waals surface area contributed by atoms with Crippen LogP contribution in [0, 0.1) is 10.1 Å².